The molecule has 0 bridgehead atoms. The van der Waals surface area contributed by atoms with Crippen molar-refractivity contribution in [1.82, 2.24) is 5.43 Å². The Bertz CT molecular complexity index is 1040. The fourth-order valence-corrected chi connectivity index (χ4v) is 3.52. The number of furan rings is 1. The first-order valence-electron chi connectivity index (χ1n) is 7.73. The van der Waals surface area contributed by atoms with E-state index in [1.807, 2.05) is 12.1 Å². The first-order valence-corrected chi connectivity index (χ1v) is 9.72. The molecule has 3 rings (SSSR count). The van der Waals surface area contributed by atoms with Gasteiger partial charge in [-0.05, 0) is 52.3 Å². The third-order valence-corrected chi connectivity index (χ3v) is 5.50. The van der Waals surface area contributed by atoms with E-state index in [0.717, 1.165) is 9.37 Å². The van der Waals surface area contributed by atoms with Gasteiger partial charge in [-0.15, -0.1) is 0 Å². The van der Waals surface area contributed by atoms with Crippen LogP contribution in [0.5, 0.6) is 0 Å². The summed E-state index contributed by atoms with van der Waals surface area (Å²) in [6, 6.07) is 14.3. The number of carbonyl (C=O) groups excluding carboxylic acids is 1. The van der Waals surface area contributed by atoms with Crippen molar-refractivity contribution in [2.75, 3.05) is 0 Å². The molecule has 1 N–H and O–H groups in total. The summed E-state index contributed by atoms with van der Waals surface area (Å²) in [5, 5.41) is 15.8. The molecule has 2 aromatic carbocycles. The summed E-state index contributed by atoms with van der Waals surface area (Å²) in [5.74, 6) is -0.0557. The number of benzene rings is 2. The van der Waals surface area contributed by atoms with Crippen LogP contribution in [0.15, 0.2) is 78.6 Å². The number of rotatable bonds is 6. The molecule has 0 atom stereocenters. The molecule has 1 aromatic heterocycles. The number of hydrogen-bond donors (Lipinski definition) is 1. The third kappa shape index (κ3) is 5.22. The summed E-state index contributed by atoms with van der Waals surface area (Å²) in [6.45, 7) is 0. The van der Waals surface area contributed by atoms with Gasteiger partial charge in [0.1, 0.15) is 5.76 Å². The maximum absolute atomic E-state index is 12.0. The number of nitrogens with zero attached hydrogens (tertiary/aromatic N) is 2. The molecule has 1 heterocycles. The fraction of sp³-hybridized carbons (Fsp3) is 0. The number of halogens is 2. The van der Waals surface area contributed by atoms with Crippen molar-refractivity contribution in [2.24, 2.45) is 5.10 Å². The molecule has 10 heteroatoms. The van der Waals surface area contributed by atoms with E-state index >= 15 is 0 Å². The molecule has 0 saturated carbocycles. The summed E-state index contributed by atoms with van der Waals surface area (Å²) < 4.78 is 6.43. The lowest BCUT2D eigenvalue weighted by molar-refractivity contribution is -0.384. The zero-order chi connectivity index (χ0) is 20.1. The van der Waals surface area contributed by atoms with Crippen molar-refractivity contribution >= 4 is 57.1 Å². The number of hydrogen-bond acceptors (Lipinski definition) is 6. The summed E-state index contributed by atoms with van der Waals surface area (Å²) >= 11 is 10.7. The SMILES string of the molecule is O=C(N/N=C\c1cc(Br)c(Sc2ccc(Cl)cc2)o1)c1ccc([N+](=O)[O-])cc1. The standard InChI is InChI=1S/C18H11BrClN3O4S/c19-16-9-14(27-18(16)28-15-7-3-12(20)4-8-15)10-21-22-17(24)11-1-5-13(6-2-11)23(25)26/h1-10H,(H,22,24)/b21-10-. The second kappa shape index (κ2) is 9.05. The van der Waals surface area contributed by atoms with Crippen molar-refractivity contribution in [1.29, 1.82) is 0 Å². The molecule has 3 aromatic rings. The lowest BCUT2D eigenvalue weighted by atomic mass is 10.2. The zero-order valence-electron chi connectivity index (χ0n) is 14.0. The molecule has 0 aliphatic carbocycles. The molecule has 0 radical (unpaired) electrons. The Morgan fingerprint density at radius 1 is 1.21 bits per heavy atom. The van der Waals surface area contributed by atoms with E-state index in [0.29, 0.717) is 15.9 Å². The van der Waals surface area contributed by atoms with Crippen molar-refractivity contribution in [3.05, 3.63) is 85.5 Å². The molecule has 1 amide bonds. The Labute approximate surface area is 177 Å². The van der Waals surface area contributed by atoms with Crippen LogP contribution in [-0.2, 0) is 0 Å². The maximum atomic E-state index is 12.0. The Morgan fingerprint density at radius 2 is 1.89 bits per heavy atom. The lowest BCUT2D eigenvalue weighted by Crippen LogP contribution is -2.17. The van der Waals surface area contributed by atoms with Crippen molar-refractivity contribution < 1.29 is 14.1 Å². The first kappa shape index (κ1) is 20.1. The monoisotopic (exact) mass is 479 g/mol. The minimum atomic E-state index is -0.533. The molecule has 142 valence electrons. The third-order valence-electron chi connectivity index (χ3n) is 3.40. The lowest BCUT2D eigenvalue weighted by Gasteiger charge is -1.99. The average molecular weight is 481 g/mol. The number of hydrazone groups is 1. The van der Waals surface area contributed by atoms with Crippen LogP contribution in [0.4, 0.5) is 5.69 Å². The highest BCUT2D eigenvalue weighted by Crippen LogP contribution is 2.35. The van der Waals surface area contributed by atoms with Gasteiger partial charge < -0.3 is 4.42 Å². The predicted octanol–water partition coefficient (Wildman–Crippen LogP) is 5.52. The van der Waals surface area contributed by atoms with Gasteiger partial charge >= 0.3 is 0 Å². The van der Waals surface area contributed by atoms with Gasteiger partial charge in [-0.1, -0.05) is 23.4 Å². The van der Waals surface area contributed by atoms with E-state index in [-0.39, 0.29) is 11.3 Å². The predicted molar refractivity (Wildman–Crippen MR) is 110 cm³/mol. The highest BCUT2D eigenvalue weighted by molar-refractivity contribution is 9.10. The van der Waals surface area contributed by atoms with Crippen molar-refractivity contribution in [2.45, 2.75) is 9.99 Å². The van der Waals surface area contributed by atoms with E-state index in [1.165, 1.54) is 42.2 Å². The van der Waals surface area contributed by atoms with Crippen LogP contribution in [0.25, 0.3) is 0 Å². The van der Waals surface area contributed by atoms with Crippen molar-refractivity contribution in [3.8, 4) is 0 Å². The molecule has 0 aliphatic rings. The Balaban J connectivity index is 1.62. The Morgan fingerprint density at radius 3 is 2.54 bits per heavy atom. The molecular formula is C18H11BrClN3O4S. The van der Waals surface area contributed by atoms with Crippen LogP contribution >= 0.6 is 39.3 Å². The minimum Gasteiger partial charge on any atom is -0.447 e. The number of amides is 1. The molecule has 0 fully saturated rings. The molecule has 28 heavy (non-hydrogen) atoms. The highest BCUT2D eigenvalue weighted by atomic mass is 79.9. The molecule has 7 nitrogen and oxygen atoms in total. The summed E-state index contributed by atoms with van der Waals surface area (Å²) in [5.41, 5.74) is 2.51. The average Bonchev–Trinajstić information content (AvgIpc) is 3.03. The van der Waals surface area contributed by atoms with E-state index in [9.17, 15) is 14.9 Å². The van der Waals surface area contributed by atoms with Gasteiger partial charge in [0.25, 0.3) is 11.6 Å². The summed E-state index contributed by atoms with van der Waals surface area (Å²) in [6.07, 6.45) is 1.36. The molecular weight excluding hydrogens is 470 g/mol. The second-order valence-electron chi connectivity index (χ2n) is 5.34. The maximum Gasteiger partial charge on any atom is 0.271 e. The number of nitro benzene ring substituents is 1. The summed E-state index contributed by atoms with van der Waals surface area (Å²) in [4.78, 5) is 23.1. The van der Waals surface area contributed by atoms with E-state index < -0.39 is 10.8 Å². The van der Waals surface area contributed by atoms with Gasteiger partial charge in [-0.3, -0.25) is 14.9 Å². The van der Waals surface area contributed by atoms with Gasteiger partial charge in [0.2, 0.25) is 0 Å². The molecule has 0 unspecified atom stereocenters. The van der Waals surface area contributed by atoms with Gasteiger partial charge in [-0.25, -0.2) is 5.43 Å². The number of nitrogens with one attached hydrogen (secondary N) is 1. The largest absolute Gasteiger partial charge is 0.447 e. The van der Waals surface area contributed by atoms with Gasteiger partial charge in [0.15, 0.2) is 5.09 Å². The zero-order valence-corrected chi connectivity index (χ0v) is 17.1. The number of nitro groups is 1. The van der Waals surface area contributed by atoms with E-state index in [2.05, 4.69) is 26.5 Å². The van der Waals surface area contributed by atoms with Crippen LogP contribution < -0.4 is 5.43 Å². The van der Waals surface area contributed by atoms with Gasteiger partial charge in [0, 0.05) is 33.7 Å². The van der Waals surface area contributed by atoms with E-state index in [1.54, 1.807) is 18.2 Å². The van der Waals surface area contributed by atoms with E-state index in [4.69, 9.17) is 16.0 Å². The summed E-state index contributed by atoms with van der Waals surface area (Å²) in [7, 11) is 0. The smallest absolute Gasteiger partial charge is 0.271 e. The molecule has 0 saturated heterocycles. The Hall–Kier alpha value is -2.62. The van der Waals surface area contributed by atoms with Gasteiger partial charge in [0.05, 0.1) is 15.6 Å². The molecule has 0 spiro atoms. The number of carbonyl (C=O) groups is 1. The minimum absolute atomic E-state index is 0.0915. The van der Waals surface area contributed by atoms with Crippen LogP contribution in [0.2, 0.25) is 5.02 Å². The van der Waals surface area contributed by atoms with Crippen LogP contribution in [0.3, 0.4) is 0 Å². The number of non-ortho nitro benzene ring substituents is 1. The van der Waals surface area contributed by atoms with Crippen LogP contribution in [-0.4, -0.2) is 17.0 Å². The van der Waals surface area contributed by atoms with Gasteiger partial charge in [-0.2, -0.15) is 5.10 Å². The molecule has 0 aliphatic heterocycles. The topological polar surface area (TPSA) is 97.7 Å². The quantitative estimate of drug-likeness (QED) is 0.285. The fourth-order valence-electron chi connectivity index (χ4n) is 2.07. The first-order chi connectivity index (χ1) is 13.4. The van der Waals surface area contributed by atoms with Crippen molar-refractivity contribution in [3.63, 3.8) is 0 Å². The normalized spacial score (nSPS) is 10.9. The highest BCUT2D eigenvalue weighted by Gasteiger charge is 2.11. The second-order valence-corrected chi connectivity index (χ2v) is 7.68. The van der Waals surface area contributed by atoms with Crippen LogP contribution in [0.1, 0.15) is 16.1 Å². The van der Waals surface area contributed by atoms with Crippen LogP contribution in [0, 0.1) is 10.1 Å². The Kier molecular flexibility index (Phi) is 6.50.